The lowest BCUT2D eigenvalue weighted by Crippen LogP contribution is -2.40. The van der Waals surface area contributed by atoms with Gasteiger partial charge in [0, 0.05) is 18.5 Å². The van der Waals surface area contributed by atoms with Gasteiger partial charge in [0.25, 0.3) is 0 Å². The highest BCUT2D eigenvalue weighted by Gasteiger charge is 2.33. The number of carbonyl (C=O) groups is 1. The van der Waals surface area contributed by atoms with Gasteiger partial charge in [-0.25, -0.2) is 0 Å². The molecule has 0 spiro atoms. The molecule has 0 aromatic rings. The summed E-state index contributed by atoms with van der Waals surface area (Å²) >= 11 is 3.45. The molecule has 3 nitrogen and oxygen atoms in total. The summed E-state index contributed by atoms with van der Waals surface area (Å²) in [4.78, 5) is 12.1. The van der Waals surface area contributed by atoms with Crippen molar-refractivity contribution in [3.8, 4) is 0 Å². The van der Waals surface area contributed by atoms with Crippen LogP contribution in [0.4, 0.5) is 0 Å². The Bertz CT molecular complexity index is 256. The molecule has 0 radical (unpaired) electrons. The van der Waals surface area contributed by atoms with Gasteiger partial charge in [-0.05, 0) is 24.7 Å². The Balaban J connectivity index is 2.39. The molecule has 1 amide bonds. The van der Waals surface area contributed by atoms with Crippen molar-refractivity contribution in [2.75, 3.05) is 18.5 Å². The van der Waals surface area contributed by atoms with Crippen LogP contribution in [0.15, 0.2) is 0 Å². The topological polar surface area (TPSA) is 38.3 Å². The minimum Gasteiger partial charge on any atom is -0.377 e. The van der Waals surface area contributed by atoms with E-state index < -0.39 is 0 Å². The van der Waals surface area contributed by atoms with Gasteiger partial charge in [-0.2, -0.15) is 0 Å². The van der Waals surface area contributed by atoms with Gasteiger partial charge in [0.1, 0.15) is 0 Å². The standard InChI is InChI=1S/C13H24BrNO2/c1-4-11-10(5-8-17-11)12(16)15-9-13(2,3)6-7-14/h10-11H,4-9H2,1-3H3,(H,15,16). The monoisotopic (exact) mass is 305 g/mol. The minimum atomic E-state index is 0.0553. The van der Waals surface area contributed by atoms with Crippen molar-refractivity contribution in [3.63, 3.8) is 0 Å². The second-order valence-electron chi connectivity index (χ2n) is 5.53. The number of amides is 1. The third-order valence-corrected chi connectivity index (χ3v) is 3.86. The molecule has 0 aliphatic carbocycles. The van der Waals surface area contributed by atoms with Gasteiger partial charge in [-0.15, -0.1) is 0 Å². The minimum absolute atomic E-state index is 0.0553. The number of carbonyl (C=O) groups excluding carboxylic acids is 1. The van der Waals surface area contributed by atoms with Crippen LogP contribution in [-0.4, -0.2) is 30.5 Å². The highest BCUT2D eigenvalue weighted by molar-refractivity contribution is 9.09. The van der Waals surface area contributed by atoms with Crippen LogP contribution in [0.5, 0.6) is 0 Å². The number of halogens is 1. The smallest absolute Gasteiger partial charge is 0.225 e. The normalized spacial score (nSPS) is 24.9. The zero-order chi connectivity index (χ0) is 12.9. The van der Waals surface area contributed by atoms with E-state index in [9.17, 15) is 4.79 Å². The van der Waals surface area contributed by atoms with Crippen molar-refractivity contribution in [1.29, 1.82) is 0 Å². The molecule has 0 aromatic carbocycles. The lowest BCUT2D eigenvalue weighted by molar-refractivity contribution is -0.127. The van der Waals surface area contributed by atoms with Crippen molar-refractivity contribution in [2.24, 2.45) is 11.3 Å². The van der Waals surface area contributed by atoms with Crippen molar-refractivity contribution in [2.45, 2.75) is 46.1 Å². The maximum absolute atomic E-state index is 12.1. The van der Waals surface area contributed by atoms with Crippen LogP contribution in [-0.2, 0) is 9.53 Å². The first-order valence-electron chi connectivity index (χ1n) is 6.45. The highest BCUT2D eigenvalue weighted by Crippen LogP contribution is 2.25. The van der Waals surface area contributed by atoms with Crippen LogP contribution in [0.25, 0.3) is 0 Å². The lowest BCUT2D eigenvalue weighted by Gasteiger charge is -2.25. The molecular weight excluding hydrogens is 282 g/mol. The van der Waals surface area contributed by atoms with Crippen molar-refractivity contribution < 1.29 is 9.53 Å². The molecular formula is C13H24BrNO2. The SMILES string of the molecule is CCC1OCCC1C(=O)NCC(C)(C)CCBr. The molecule has 1 fully saturated rings. The van der Waals surface area contributed by atoms with Gasteiger partial charge in [0.15, 0.2) is 0 Å². The van der Waals surface area contributed by atoms with Gasteiger partial charge >= 0.3 is 0 Å². The van der Waals surface area contributed by atoms with E-state index in [1.165, 1.54) is 0 Å². The van der Waals surface area contributed by atoms with Crippen molar-refractivity contribution in [1.82, 2.24) is 5.32 Å². The molecule has 4 heteroatoms. The summed E-state index contributed by atoms with van der Waals surface area (Å²) in [5.41, 5.74) is 0.153. The Morgan fingerprint density at radius 2 is 2.24 bits per heavy atom. The summed E-state index contributed by atoms with van der Waals surface area (Å²) in [5, 5.41) is 4.05. The summed E-state index contributed by atoms with van der Waals surface area (Å²) in [6.45, 7) is 7.89. The molecule has 1 aliphatic rings. The molecule has 2 atom stereocenters. The predicted octanol–water partition coefficient (Wildman–Crippen LogP) is 2.73. The zero-order valence-corrected chi connectivity index (χ0v) is 12.7. The number of alkyl halides is 1. The van der Waals surface area contributed by atoms with Gasteiger partial charge in [-0.3, -0.25) is 4.79 Å². The van der Waals surface area contributed by atoms with E-state index in [0.29, 0.717) is 0 Å². The third-order valence-electron chi connectivity index (χ3n) is 3.46. The lowest BCUT2D eigenvalue weighted by atomic mass is 9.89. The van der Waals surface area contributed by atoms with E-state index in [4.69, 9.17) is 4.74 Å². The second kappa shape index (κ2) is 6.74. The maximum Gasteiger partial charge on any atom is 0.225 e. The fourth-order valence-corrected chi connectivity index (χ4v) is 3.23. The van der Waals surface area contributed by atoms with Crippen LogP contribution in [0, 0.1) is 11.3 Å². The van der Waals surface area contributed by atoms with Crippen LogP contribution in [0.3, 0.4) is 0 Å². The molecule has 1 aliphatic heterocycles. The molecule has 100 valence electrons. The Hall–Kier alpha value is -0.0900. The Morgan fingerprint density at radius 1 is 1.53 bits per heavy atom. The maximum atomic E-state index is 12.1. The van der Waals surface area contributed by atoms with Gasteiger partial charge in [0.05, 0.1) is 12.0 Å². The van der Waals surface area contributed by atoms with E-state index in [2.05, 4.69) is 42.0 Å². The highest BCUT2D eigenvalue weighted by atomic mass is 79.9. The molecule has 17 heavy (non-hydrogen) atoms. The first kappa shape index (κ1) is 15.0. The summed E-state index contributed by atoms with van der Waals surface area (Å²) in [6, 6.07) is 0. The number of hydrogen-bond acceptors (Lipinski definition) is 2. The van der Waals surface area contributed by atoms with Crippen LogP contribution in [0.2, 0.25) is 0 Å². The van der Waals surface area contributed by atoms with Crippen molar-refractivity contribution in [3.05, 3.63) is 0 Å². The van der Waals surface area contributed by atoms with E-state index in [1.807, 2.05) is 0 Å². The van der Waals surface area contributed by atoms with Gasteiger partial charge in [-0.1, -0.05) is 36.7 Å². The fourth-order valence-electron chi connectivity index (χ4n) is 2.15. The fraction of sp³-hybridized carbons (Fsp3) is 0.923. The zero-order valence-electron chi connectivity index (χ0n) is 11.1. The summed E-state index contributed by atoms with van der Waals surface area (Å²) < 4.78 is 5.55. The van der Waals surface area contributed by atoms with Crippen molar-refractivity contribution >= 4 is 21.8 Å². The summed E-state index contributed by atoms with van der Waals surface area (Å²) in [5.74, 6) is 0.219. The van der Waals surface area contributed by atoms with E-state index in [0.717, 1.165) is 37.7 Å². The first-order chi connectivity index (χ1) is 8.00. The predicted molar refractivity (Wildman–Crippen MR) is 73.3 cm³/mol. The van der Waals surface area contributed by atoms with Crippen LogP contribution >= 0.6 is 15.9 Å². The molecule has 0 bridgehead atoms. The number of hydrogen-bond donors (Lipinski definition) is 1. The quantitative estimate of drug-likeness (QED) is 0.766. The third kappa shape index (κ3) is 4.59. The molecule has 1 heterocycles. The first-order valence-corrected chi connectivity index (χ1v) is 7.57. The van der Waals surface area contributed by atoms with Crippen LogP contribution < -0.4 is 5.32 Å². The van der Waals surface area contributed by atoms with E-state index >= 15 is 0 Å². The molecule has 0 aromatic heterocycles. The average Bonchev–Trinajstić information content (AvgIpc) is 2.74. The number of nitrogens with one attached hydrogen (secondary N) is 1. The Labute approximate surface area is 113 Å². The van der Waals surface area contributed by atoms with Gasteiger partial charge < -0.3 is 10.1 Å². The largest absolute Gasteiger partial charge is 0.377 e. The summed E-state index contributed by atoms with van der Waals surface area (Å²) in [7, 11) is 0. The van der Waals surface area contributed by atoms with Gasteiger partial charge in [0.2, 0.25) is 5.91 Å². The number of rotatable bonds is 6. The Morgan fingerprint density at radius 3 is 2.82 bits per heavy atom. The summed E-state index contributed by atoms with van der Waals surface area (Å²) in [6.07, 6.45) is 2.96. The second-order valence-corrected chi connectivity index (χ2v) is 6.33. The van der Waals surface area contributed by atoms with E-state index in [1.54, 1.807) is 0 Å². The van der Waals surface area contributed by atoms with Crippen LogP contribution in [0.1, 0.15) is 40.0 Å². The molecule has 1 N–H and O–H groups in total. The number of ether oxygens (including phenoxy) is 1. The average molecular weight is 306 g/mol. The Kier molecular flexibility index (Phi) is 5.93. The molecule has 2 unspecified atom stereocenters. The van der Waals surface area contributed by atoms with E-state index in [-0.39, 0.29) is 23.3 Å². The molecule has 0 saturated carbocycles. The molecule has 1 rings (SSSR count). The molecule has 1 saturated heterocycles.